The van der Waals surface area contributed by atoms with Crippen molar-refractivity contribution < 1.29 is 50.2 Å². The van der Waals surface area contributed by atoms with E-state index in [9.17, 15) is 45.4 Å². The van der Waals surface area contributed by atoms with Gasteiger partial charge in [0.15, 0.2) is 0 Å². The smallest absolute Gasteiger partial charge is 0.416 e. The molecule has 0 saturated heterocycles. The second-order valence-corrected chi connectivity index (χ2v) is 10.2. The molecule has 0 spiro atoms. The first-order chi connectivity index (χ1) is 19.6. The van der Waals surface area contributed by atoms with Crippen LogP contribution in [0.25, 0.3) is 0 Å². The molecule has 218 valence electrons. The molecule has 1 fully saturated rings. The molecule has 3 aromatic carbocycles. The number of ether oxygens (including phenoxy) is 1. The van der Waals surface area contributed by atoms with Gasteiger partial charge in [-0.2, -0.15) is 26.3 Å². The minimum atomic E-state index is -4.77. The summed E-state index contributed by atoms with van der Waals surface area (Å²) in [5.41, 5.74) is -5.49. The molecule has 42 heavy (non-hydrogen) atoms. The quantitative estimate of drug-likeness (QED) is 0.205. The maximum atomic E-state index is 14.8. The van der Waals surface area contributed by atoms with Crippen LogP contribution in [-0.2, 0) is 33.9 Å². The molecule has 12 heteroatoms. The van der Waals surface area contributed by atoms with Gasteiger partial charge in [-0.05, 0) is 79.1 Å². The number of cyclic esters (lactones) is 1. The lowest BCUT2D eigenvalue weighted by atomic mass is 9.81. The summed E-state index contributed by atoms with van der Waals surface area (Å²) in [6.45, 7) is -0.0478. The lowest BCUT2D eigenvalue weighted by Gasteiger charge is -2.28. The largest absolute Gasteiger partial charge is 0.457 e. The van der Waals surface area contributed by atoms with Crippen LogP contribution < -0.4 is 5.32 Å². The number of benzene rings is 3. The van der Waals surface area contributed by atoms with E-state index >= 15 is 0 Å². The standard InChI is InChI=1S/C30H20F7NO4/c31-24-8-5-20(30(35,36)37)14-23(24)27(11-12-27)16-28(41,10-9-17-1-3-19(4-2-17)29(32,33)34)26(40)38-21-6-7-22-18(13-21)15-42-25(22)39/h1-8,13-14,41H,11-12,15-16H2,(H,38,40). The van der Waals surface area contributed by atoms with E-state index in [1.807, 2.05) is 0 Å². The molecule has 0 radical (unpaired) electrons. The van der Waals surface area contributed by atoms with Crippen LogP contribution in [0.1, 0.15) is 57.4 Å². The SMILES string of the molecule is O=C1OCc2cc(NC(=O)C(O)(C#Cc3ccc(C(F)(F)F)cc3)CC3(c4cc(C(F)(F)F)ccc4F)CC3)ccc21. The zero-order chi connectivity index (χ0) is 30.5. The maximum absolute atomic E-state index is 14.8. The molecule has 5 rings (SSSR count). The fourth-order valence-corrected chi connectivity index (χ4v) is 4.83. The van der Waals surface area contributed by atoms with Gasteiger partial charge in [-0.1, -0.05) is 11.8 Å². The van der Waals surface area contributed by atoms with Gasteiger partial charge < -0.3 is 15.2 Å². The highest BCUT2D eigenvalue weighted by Gasteiger charge is 2.54. The molecule has 0 aromatic heterocycles. The van der Waals surface area contributed by atoms with E-state index in [4.69, 9.17) is 4.74 Å². The van der Waals surface area contributed by atoms with Crippen LogP contribution >= 0.6 is 0 Å². The van der Waals surface area contributed by atoms with E-state index in [0.717, 1.165) is 24.3 Å². The highest BCUT2D eigenvalue weighted by Crippen LogP contribution is 2.55. The third-order valence-corrected chi connectivity index (χ3v) is 7.26. The number of hydrogen-bond donors (Lipinski definition) is 2. The number of rotatable bonds is 5. The van der Waals surface area contributed by atoms with Gasteiger partial charge in [-0.25, -0.2) is 9.18 Å². The van der Waals surface area contributed by atoms with Crippen LogP contribution in [0.4, 0.5) is 36.4 Å². The Morgan fingerprint density at radius 2 is 1.57 bits per heavy atom. The summed E-state index contributed by atoms with van der Waals surface area (Å²) in [6.07, 6.45) is -9.70. The summed E-state index contributed by atoms with van der Waals surface area (Å²) in [5.74, 6) is 2.22. The van der Waals surface area contributed by atoms with E-state index in [1.54, 1.807) is 0 Å². The first-order valence-corrected chi connectivity index (χ1v) is 12.5. The van der Waals surface area contributed by atoms with Crippen LogP contribution in [0, 0.1) is 17.7 Å². The maximum Gasteiger partial charge on any atom is 0.416 e. The summed E-state index contributed by atoms with van der Waals surface area (Å²) in [7, 11) is 0. The average Bonchev–Trinajstić information content (AvgIpc) is 3.60. The van der Waals surface area contributed by atoms with Crippen molar-refractivity contribution in [3.8, 4) is 11.8 Å². The number of anilines is 1. The Bertz CT molecular complexity index is 1630. The summed E-state index contributed by atoms with van der Waals surface area (Å²) in [5, 5.41) is 14.1. The second kappa shape index (κ2) is 10.2. The zero-order valence-electron chi connectivity index (χ0n) is 21.4. The second-order valence-electron chi connectivity index (χ2n) is 10.2. The Hall–Kier alpha value is -4.37. The van der Waals surface area contributed by atoms with Crippen molar-refractivity contribution in [2.24, 2.45) is 0 Å². The van der Waals surface area contributed by atoms with Crippen molar-refractivity contribution >= 4 is 17.6 Å². The minimum absolute atomic E-state index is 0.0116. The van der Waals surface area contributed by atoms with Crippen molar-refractivity contribution in [2.45, 2.75) is 49.2 Å². The number of alkyl halides is 6. The van der Waals surface area contributed by atoms with Gasteiger partial charge in [0.25, 0.3) is 5.91 Å². The lowest BCUT2D eigenvalue weighted by Crippen LogP contribution is -2.44. The van der Waals surface area contributed by atoms with E-state index in [2.05, 4.69) is 17.2 Å². The molecular weight excluding hydrogens is 571 g/mol. The monoisotopic (exact) mass is 591 g/mol. The highest BCUT2D eigenvalue weighted by molar-refractivity contribution is 6.01. The topological polar surface area (TPSA) is 75.6 Å². The number of aliphatic hydroxyl groups is 1. The Balaban J connectivity index is 1.50. The Morgan fingerprint density at radius 3 is 2.19 bits per heavy atom. The first-order valence-electron chi connectivity index (χ1n) is 12.5. The lowest BCUT2D eigenvalue weighted by molar-refractivity contribution is -0.138. The number of halogens is 7. The molecule has 2 N–H and O–H groups in total. The van der Waals surface area contributed by atoms with E-state index in [1.165, 1.54) is 18.2 Å². The van der Waals surface area contributed by atoms with Gasteiger partial charge in [0.2, 0.25) is 5.60 Å². The summed E-state index contributed by atoms with van der Waals surface area (Å²) in [6, 6.07) is 9.67. The Kier molecular flexibility index (Phi) is 7.05. The minimum Gasteiger partial charge on any atom is -0.457 e. The summed E-state index contributed by atoms with van der Waals surface area (Å²) < 4.78 is 98.8. The van der Waals surface area contributed by atoms with Crippen LogP contribution in [0.2, 0.25) is 0 Å². The molecule has 3 aromatic rings. The highest BCUT2D eigenvalue weighted by atomic mass is 19.4. The van der Waals surface area contributed by atoms with Crippen molar-refractivity contribution in [1.29, 1.82) is 0 Å². The van der Waals surface area contributed by atoms with Crippen LogP contribution in [0.15, 0.2) is 60.7 Å². The fourth-order valence-electron chi connectivity index (χ4n) is 4.83. The summed E-state index contributed by atoms with van der Waals surface area (Å²) >= 11 is 0. The third kappa shape index (κ3) is 5.83. The molecule has 0 bridgehead atoms. The van der Waals surface area contributed by atoms with Gasteiger partial charge in [0, 0.05) is 28.7 Å². The Labute approximate surface area is 234 Å². The molecule has 1 heterocycles. The Morgan fingerprint density at radius 1 is 0.929 bits per heavy atom. The predicted octanol–water partition coefficient (Wildman–Crippen LogP) is 6.38. The number of hydrogen-bond acceptors (Lipinski definition) is 4. The van der Waals surface area contributed by atoms with Crippen molar-refractivity contribution in [3.63, 3.8) is 0 Å². The van der Waals surface area contributed by atoms with Crippen LogP contribution in [0.5, 0.6) is 0 Å². The number of esters is 1. The van der Waals surface area contributed by atoms with Crippen LogP contribution in [0.3, 0.4) is 0 Å². The molecule has 1 aliphatic heterocycles. The predicted molar refractivity (Wildman–Crippen MR) is 134 cm³/mol. The molecule has 1 saturated carbocycles. The zero-order valence-corrected chi connectivity index (χ0v) is 21.4. The summed E-state index contributed by atoms with van der Waals surface area (Å²) in [4.78, 5) is 25.2. The van der Waals surface area contributed by atoms with Gasteiger partial charge in [-0.3, -0.25) is 4.79 Å². The number of nitrogens with one attached hydrogen (secondary N) is 1. The van der Waals surface area contributed by atoms with E-state index in [0.29, 0.717) is 23.8 Å². The normalized spacial score (nSPS) is 16.9. The van der Waals surface area contributed by atoms with Gasteiger partial charge in [0.1, 0.15) is 12.4 Å². The van der Waals surface area contributed by atoms with Gasteiger partial charge in [-0.15, -0.1) is 0 Å². The molecule has 1 atom stereocenters. The average molecular weight is 591 g/mol. The van der Waals surface area contributed by atoms with E-state index < -0.39 is 58.6 Å². The van der Waals surface area contributed by atoms with Crippen LogP contribution in [-0.4, -0.2) is 22.6 Å². The molecule has 5 nitrogen and oxygen atoms in total. The molecule has 1 unspecified atom stereocenters. The third-order valence-electron chi connectivity index (χ3n) is 7.26. The first kappa shape index (κ1) is 29.1. The van der Waals surface area contributed by atoms with Crippen molar-refractivity contribution in [1.82, 2.24) is 0 Å². The fraction of sp³-hybridized carbons (Fsp3) is 0.267. The number of carbonyl (C=O) groups is 2. The molecule has 1 amide bonds. The van der Waals surface area contributed by atoms with E-state index in [-0.39, 0.29) is 41.8 Å². The van der Waals surface area contributed by atoms with Gasteiger partial charge >= 0.3 is 18.3 Å². The number of fused-ring (bicyclic) bond motifs is 1. The number of carbonyl (C=O) groups excluding carboxylic acids is 2. The van der Waals surface area contributed by atoms with Gasteiger partial charge in [0.05, 0.1) is 16.7 Å². The molecular formula is C30H20F7NO4. The molecule has 1 aliphatic carbocycles. The molecule has 2 aliphatic rings. The number of amides is 1. The van der Waals surface area contributed by atoms with Crippen molar-refractivity contribution in [2.75, 3.05) is 5.32 Å². The van der Waals surface area contributed by atoms with Crippen molar-refractivity contribution in [3.05, 3.63) is 99.9 Å².